The fourth-order valence-corrected chi connectivity index (χ4v) is 6.82. The second kappa shape index (κ2) is 11.2. The van der Waals surface area contributed by atoms with Gasteiger partial charge < -0.3 is 5.11 Å². The molecule has 180 valence electrons. The Labute approximate surface area is 205 Å². The number of nitriles is 1. The predicted octanol–water partition coefficient (Wildman–Crippen LogP) is 8.12. The number of hydrogen-bond donors (Lipinski definition) is 1. The van der Waals surface area contributed by atoms with Crippen LogP contribution in [0.3, 0.4) is 0 Å². The van der Waals surface area contributed by atoms with Crippen molar-refractivity contribution in [2.75, 3.05) is 0 Å². The zero-order valence-electron chi connectivity index (χ0n) is 20.6. The van der Waals surface area contributed by atoms with E-state index in [1.54, 1.807) is 0 Å². The van der Waals surface area contributed by atoms with E-state index in [-0.39, 0.29) is 11.3 Å². The Balaban J connectivity index is 1.61. The second-order valence-corrected chi connectivity index (χ2v) is 10.7. The van der Waals surface area contributed by atoms with E-state index in [2.05, 4.69) is 43.3 Å². The first-order valence-electron chi connectivity index (χ1n) is 13.4. The highest BCUT2D eigenvalue weighted by Gasteiger charge is 2.45. The van der Waals surface area contributed by atoms with Gasteiger partial charge in [0.25, 0.3) is 0 Å². The lowest BCUT2D eigenvalue weighted by Crippen LogP contribution is -2.42. The van der Waals surface area contributed by atoms with Gasteiger partial charge in [-0.2, -0.15) is 5.26 Å². The molecule has 0 radical (unpaired) electrons. The highest BCUT2D eigenvalue weighted by atomic mass is 16.4. The van der Waals surface area contributed by atoms with E-state index < -0.39 is 5.97 Å². The first kappa shape index (κ1) is 24.5. The molecule has 2 aliphatic rings. The Kier molecular flexibility index (Phi) is 8.09. The van der Waals surface area contributed by atoms with E-state index in [1.807, 2.05) is 18.2 Å². The first-order chi connectivity index (χ1) is 16.6. The predicted molar refractivity (Wildman–Crippen MR) is 137 cm³/mol. The molecule has 2 aromatic carbocycles. The van der Waals surface area contributed by atoms with E-state index in [1.165, 1.54) is 56.9 Å². The number of carboxylic acid groups (broad SMARTS) is 1. The van der Waals surface area contributed by atoms with Crippen LogP contribution in [-0.2, 0) is 10.2 Å². The van der Waals surface area contributed by atoms with Crippen LogP contribution in [0.4, 0.5) is 0 Å². The van der Waals surface area contributed by atoms with Gasteiger partial charge in [0.15, 0.2) is 0 Å². The molecule has 0 aliphatic heterocycles. The van der Waals surface area contributed by atoms with Crippen LogP contribution >= 0.6 is 0 Å². The van der Waals surface area contributed by atoms with Gasteiger partial charge in [-0.25, -0.2) is 0 Å². The summed E-state index contributed by atoms with van der Waals surface area (Å²) in [5.41, 5.74) is 4.06. The zero-order chi connectivity index (χ0) is 24.0. The number of hydrogen-bond acceptors (Lipinski definition) is 2. The van der Waals surface area contributed by atoms with Crippen LogP contribution in [0.25, 0.3) is 11.1 Å². The molecule has 2 aromatic rings. The molecule has 0 heterocycles. The zero-order valence-corrected chi connectivity index (χ0v) is 20.6. The lowest BCUT2D eigenvalue weighted by molar-refractivity contribution is -0.143. The number of aliphatic carboxylic acids is 1. The molecule has 0 saturated heterocycles. The topological polar surface area (TPSA) is 61.1 Å². The number of nitrogens with zero attached hydrogens (tertiary/aromatic N) is 1. The number of rotatable bonds is 8. The molecule has 2 saturated carbocycles. The van der Waals surface area contributed by atoms with Crippen molar-refractivity contribution in [3.63, 3.8) is 0 Å². The lowest BCUT2D eigenvalue weighted by atomic mass is 9.56. The van der Waals surface area contributed by atoms with Gasteiger partial charge in [-0.3, -0.25) is 4.79 Å². The third kappa shape index (κ3) is 5.22. The standard InChI is InChI=1S/C31H39NO2/c1-2-3-5-8-23-11-13-27(14-12-23)31(19-17-25(18-20-31)30(33)34)28-15-16-29(26(21-28)22-32)24-9-6-4-7-10-24/h4,6-7,9-10,15-16,21,23,25,27H,2-3,5,8,11-14,17-20H2,1H3,(H,33,34). The molecule has 0 aromatic heterocycles. The van der Waals surface area contributed by atoms with Crippen molar-refractivity contribution in [1.29, 1.82) is 5.26 Å². The molecule has 2 aliphatic carbocycles. The van der Waals surface area contributed by atoms with Crippen LogP contribution in [0.1, 0.15) is 95.1 Å². The van der Waals surface area contributed by atoms with E-state index >= 15 is 0 Å². The van der Waals surface area contributed by atoms with Crippen molar-refractivity contribution in [2.45, 2.75) is 89.4 Å². The number of carboxylic acids is 1. The number of unbranched alkanes of at least 4 members (excludes halogenated alkanes) is 2. The van der Waals surface area contributed by atoms with Crippen LogP contribution in [0.5, 0.6) is 0 Å². The van der Waals surface area contributed by atoms with E-state index in [0.29, 0.717) is 5.92 Å². The third-order valence-corrected chi connectivity index (χ3v) is 8.87. The molecule has 0 atom stereocenters. The smallest absolute Gasteiger partial charge is 0.306 e. The van der Waals surface area contributed by atoms with Crippen LogP contribution in [0.2, 0.25) is 0 Å². The summed E-state index contributed by atoms with van der Waals surface area (Å²) in [6, 6.07) is 19.1. The summed E-state index contributed by atoms with van der Waals surface area (Å²) in [6.07, 6.45) is 13.7. The van der Waals surface area contributed by atoms with Crippen molar-refractivity contribution in [2.24, 2.45) is 17.8 Å². The summed E-state index contributed by atoms with van der Waals surface area (Å²) in [4.78, 5) is 11.7. The maximum Gasteiger partial charge on any atom is 0.306 e. The monoisotopic (exact) mass is 457 g/mol. The molecule has 3 heteroatoms. The molecule has 1 N–H and O–H groups in total. The van der Waals surface area contributed by atoms with Crippen molar-refractivity contribution < 1.29 is 9.90 Å². The number of carbonyl (C=O) groups is 1. The highest BCUT2D eigenvalue weighted by Crippen LogP contribution is 2.52. The average Bonchev–Trinajstić information content (AvgIpc) is 2.89. The van der Waals surface area contributed by atoms with Crippen LogP contribution in [0, 0.1) is 29.1 Å². The lowest BCUT2D eigenvalue weighted by Gasteiger charge is -2.48. The van der Waals surface area contributed by atoms with Gasteiger partial charge >= 0.3 is 5.97 Å². The summed E-state index contributed by atoms with van der Waals surface area (Å²) in [5.74, 6) is 0.562. The molecule has 0 bridgehead atoms. The minimum absolute atomic E-state index is 0.00115. The maximum absolute atomic E-state index is 11.7. The van der Waals surface area contributed by atoms with Crippen molar-refractivity contribution >= 4 is 5.97 Å². The van der Waals surface area contributed by atoms with Crippen LogP contribution in [0.15, 0.2) is 48.5 Å². The van der Waals surface area contributed by atoms with Gasteiger partial charge in [-0.05, 0) is 78.5 Å². The van der Waals surface area contributed by atoms with E-state index in [9.17, 15) is 15.2 Å². The molecule has 0 spiro atoms. The summed E-state index contributed by atoms with van der Waals surface area (Å²) in [5, 5.41) is 19.6. The Morgan fingerprint density at radius 2 is 1.71 bits per heavy atom. The summed E-state index contributed by atoms with van der Waals surface area (Å²) in [7, 11) is 0. The molecule has 2 fully saturated rings. The SMILES string of the molecule is CCCCCC1CCC(C2(c3ccc(-c4ccccc4)c(C#N)c3)CCC(C(=O)O)CC2)CC1. The first-order valence-corrected chi connectivity index (χ1v) is 13.4. The Bertz CT molecular complexity index is 990. The van der Waals surface area contributed by atoms with Crippen molar-refractivity contribution in [3.8, 4) is 17.2 Å². The molecule has 0 amide bonds. The Hall–Kier alpha value is -2.60. The molecule has 3 nitrogen and oxygen atoms in total. The molecular weight excluding hydrogens is 418 g/mol. The van der Waals surface area contributed by atoms with Gasteiger partial charge in [0.2, 0.25) is 0 Å². The molecule has 0 unspecified atom stereocenters. The van der Waals surface area contributed by atoms with E-state index in [0.717, 1.165) is 48.3 Å². The van der Waals surface area contributed by atoms with Gasteiger partial charge in [-0.1, -0.05) is 87.9 Å². The minimum Gasteiger partial charge on any atom is -0.481 e. The Morgan fingerprint density at radius 1 is 1.00 bits per heavy atom. The van der Waals surface area contributed by atoms with Gasteiger partial charge in [0, 0.05) is 0 Å². The van der Waals surface area contributed by atoms with Crippen molar-refractivity contribution in [1.82, 2.24) is 0 Å². The van der Waals surface area contributed by atoms with Gasteiger partial charge in [-0.15, -0.1) is 0 Å². The van der Waals surface area contributed by atoms with Crippen LogP contribution < -0.4 is 0 Å². The highest BCUT2D eigenvalue weighted by molar-refractivity contribution is 5.72. The summed E-state index contributed by atoms with van der Waals surface area (Å²) < 4.78 is 0. The quantitative estimate of drug-likeness (QED) is 0.407. The van der Waals surface area contributed by atoms with Gasteiger partial charge in [0.1, 0.15) is 0 Å². The molecule has 4 rings (SSSR count). The summed E-state index contributed by atoms with van der Waals surface area (Å²) >= 11 is 0. The van der Waals surface area contributed by atoms with Crippen LogP contribution in [-0.4, -0.2) is 11.1 Å². The third-order valence-electron chi connectivity index (χ3n) is 8.87. The Morgan fingerprint density at radius 3 is 2.32 bits per heavy atom. The maximum atomic E-state index is 11.7. The summed E-state index contributed by atoms with van der Waals surface area (Å²) in [6.45, 7) is 2.27. The van der Waals surface area contributed by atoms with E-state index in [4.69, 9.17) is 0 Å². The largest absolute Gasteiger partial charge is 0.481 e. The normalized spacial score (nSPS) is 27.1. The average molecular weight is 458 g/mol. The molecular formula is C31H39NO2. The number of benzene rings is 2. The fourth-order valence-electron chi connectivity index (χ4n) is 6.82. The minimum atomic E-state index is -0.648. The van der Waals surface area contributed by atoms with Gasteiger partial charge in [0.05, 0.1) is 17.6 Å². The molecule has 34 heavy (non-hydrogen) atoms. The van der Waals surface area contributed by atoms with Crippen molar-refractivity contribution in [3.05, 3.63) is 59.7 Å². The second-order valence-electron chi connectivity index (χ2n) is 10.7. The fraction of sp³-hybridized carbons (Fsp3) is 0.548.